The third kappa shape index (κ3) is 5.35. The first-order chi connectivity index (χ1) is 14.7. The standard InChI is InChI=1S/C22H24F4N4O/c1-3-30(4-2)10-9-27-19-8-6-15(12-18(19)22(24,25)26)28-13-17-16-7-5-14(23)11-20(16)29-21(17)31/h5-8,11-13,27-28H,3-4,9-10H2,1-2H3,(H,29,31)/b17-13+. The summed E-state index contributed by atoms with van der Waals surface area (Å²) in [6, 6.07) is 7.71. The van der Waals surface area contributed by atoms with Crippen LogP contribution in [-0.2, 0) is 11.0 Å². The summed E-state index contributed by atoms with van der Waals surface area (Å²) in [7, 11) is 0. The topological polar surface area (TPSA) is 56.4 Å². The van der Waals surface area contributed by atoms with Crippen LogP contribution in [0.15, 0.2) is 42.6 Å². The minimum atomic E-state index is -4.54. The van der Waals surface area contributed by atoms with Crippen LogP contribution >= 0.6 is 0 Å². The van der Waals surface area contributed by atoms with Gasteiger partial charge >= 0.3 is 6.18 Å². The van der Waals surface area contributed by atoms with Crippen molar-refractivity contribution in [3.63, 3.8) is 0 Å². The molecule has 0 aliphatic carbocycles. The van der Waals surface area contributed by atoms with Gasteiger partial charge in [-0.3, -0.25) is 4.79 Å². The van der Waals surface area contributed by atoms with Crippen molar-refractivity contribution >= 4 is 28.5 Å². The van der Waals surface area contributed by atoms with Crippen molar-refractivity contribution in [3.8, 4) is 0 Å². The number of likely N-dealkylation sites (N-methyl/N-ethyl adjacent to an activating group) is 1. The van der Waals surface area contributed by atoms with Crippen LogP contribution < -0.4 is 16.0 Å². The number of halogens is 4. The number of hydrogen-bond acceptors (Lipinski definition) is 4. The van der Waals surface area contributed by atoms with Gasteiger partial charge in [0.05, 0.1) is 16.8 Å². The summed E-state index contributed by atoms with van der Waals surface area (Å²) in [6.07, 6.45) is -3.22. The first-order valence-corrected chi connectivity index (χ1v) is 9.98. The van der Waals surface area contributed by atoms with E-state index < -0.39 is 23.5 Å². The van der Waals surface area contributed by atoms with E-state index in [0.29, 0.717) is 24.3 Å². The normalized spacial score (nSPS) is 14.7. The Balaban J connectivity index is 1.79. The molecule has 1 aliphatic rings. The molecule has 0 unspecified atom stereocenters. The minimum Gasteiger partial charge on any atom is -0.383 e. The predicted octanol–water partition coefficient (Wildman–Crippen LogP) is 5.00. The summed E-state index contributed by atoms with van der Waals surface area (Å²) in [5.74, 6) is -0.953. The van der Waals surface area contributed by atoms with Crippen LogP contribution in [0.5, 0.6) is 0 Å². The van der Waals surface area contributed by atoms with Gasteiger partial charge in [0.15, 0.2) is 0 Å². The van der Waals surface area contributed by atoms with Gasteiger partial charge in [0.25, 0.3) is 5.91 Å². The number of nitrogens with zero attached hydrogens (tertiary/aromatic N) is 1. The van der Waals surface area contributed by atoms with E-state index in [-0.39, 0.29) is 16.9 Å². The number of rotatable bonds is 8. The highest BCUT2D eigenvalue weighted by Gasteiger charge is 2.34. The van der Waals surface area contributed by atoms with Gasteiger partial charge in [-0.25, -0.2) is 4.39 Å². The van der Waals surface area contributed by atoms with Gasteiger partial charge in [-0.05, 0) is 49.5 Å². The summed E-state index contributed by atoms with van der Waals surface area (Å²) < 4.78 is 54.1. The van der Waals surface area contributed by atoms with Gasteiger partial charge in [-0.15, -0.1) is 0 Å². The van der Waals surface area contributed by atoms with E-state index in [0.717, 1.165) is 19.2 Å². The fraction of sp³-hybridized carbons (Fsp3) is 0.318. The molecule has 0 radical (unpaired) electrons. The highest BCUT2D eigenvalue weighted by atomic mass is 19.4. The van der Waals surface area contributed by atoms with Crippen molar-refractivity contribution < 1.29 is 22.4 Å². The molecular weight excluding hydrogens is 412 g/mol. The predicted molar refractivity (Wildman–Crippen MR) is 114 cm³/mol. The second-order valence-electron chi connectivity index (χ2n) is 7.06. The van der Waals surface area contributed by atoms with Gasteiger partial charge in [-0.1, -0.05) is 13.8 Å². The molecule has 5 nitrogen and oxygen atoms in total. The maximum atomic E-state index is 13.6. The number of hydrogen-bond donors (Lipinski definition) is 3. The number of anilines is 3. The third-order valence-electron chi connectivity index (χ3n) is 5.11. The first-order valence-electron chi connectivity index (χ1n) is 9.98. The molecule has 0 spiro atoms. The van der Waals surface area contributed by atoms with E-state index >= 15 is 0 Å². The van der Waals surface area contributed by atoms with Crippen LogP contribution in [0.25, 0.3) is 5.57 Å². The first kappa shape index (κ1) is 22.6. The lowest BCUT2D eigenvalue weighted by Crippen LogP contribution is -2.29. The minimum absolute atomic E-state index is 0.00251. The van der Waals surface area contributed by atoms with E-state index in [1.165, 1.54) is 36.5 Å². The number of benzene rings is 2. The smallest absolute Gasteiger partial charge is 0.383 e. The Morgan fingerprint density at radius 2 is 1.84 bits per heavy atom. The van der Waals surface area contributed by atoms with Crippen molar-refractivity contribution in [1.82, 2.24) is 4.90 Å². The monoisotopic (exact) mass is 436 g/mol. The third-order valence-corrected chi connectivity index (χ3v) is 5.11. The van der Waals surface area contributed by atoms with Crippen molar-refractivity contribution in [3.05, 3.63) is 59.5 Å². The zero-order valence-corrected chi connectivity index (χ0v) is 17.2. The number of alkyl halides is 3. The molecule has 3 N–H and O–H groups in total. The molecule has 0 bridgehead atoms. The lowest BCUT2D eigenvalue weighted by molar-refractivity contribution is -0.136. The molecule has 0 fully saturated rings. The molecule has 2 aromatic carbocycles. The summed E-state index contributed by atoms with van der Waals surface area (Å²) in [5.41, 5.74) is 0.389. The summed E-state index contributed by atoms with van der Waals surface area (Å²) in [5, 5.41) is 8.15. The van der Waals surface area contributed by atoms with E-state index in [1.807, 2.05) is 13.8 Å². The Hall–Kier alpha value is -3.07. The molecule has 0 atom stereocenters. The Bertz CT molecular complexity index is 984. The number of fused-ring (bicyclic) bond motifs is 1. The van der Waals surface area contributed by atoms with E-state index in [1.54, 1.807) is 0 Å². The lowest BCUT2D eigenvalue weighted by Gasteiger charge is -2.20. The Morgan fingerprint density at radius 3 is 2.52 bits per heavy atom. The Labute approximate surface area is 178 Å². The van der Waals surface area contributed by atoms with E-state index in [4.69, 9.17) is 0 Å². The summed E-state index contributed by atoms with van der Waals surface area (Å²) >= 11 is 0. The average Bonchev–Trinajstić information content (AvgIpc) is 3.03. The molecule has 2 aromatic rings. The average molecular weight is 436 g/mol. The zero-order chi connectivity index (χ0) is 22.6. The summed E-state index contributed by atoms with van der Waals surface area (Å²) in [4.78, 5) is 14.2. The highest BCUT2D eigenvalue weighted by molar-refractivity contribution is 6.31. The number of carbonyl (C=O) groups excluding carboxylic acids is 1. The number of amides is 1. The van der Waals surface area contributed by atoms with Crippen molar-refractivity contribution in [2.75, 3.05) is 42.1 Å². The van der Waals surface area contributed by atoms with Gasteiger partial charge in [-0.2, -0.15) is 13.2 Å². The van der Waals surface area contributed by atoms with E-state index in [9.17, 15) is 22.4 Å². The quantitative estimate of drug-likeness (QED) is 0.403. The van der Waals surface area contributed by atoms with Crippen molar-refractivity contribution in [2.45, 2.75) is 20.0 Å². The molecule has 1 amide bonds. The highest BCUT2D eigenvalue weighted by Crippen LogP contribution is 2.37. The molecule has 0 aromatic heterocycles. The second kappa shape index (κ2) is 9.38. The lowest BCUT2D eigenvalue weighted by atomic mass is 10.1. The van der Waals surface area contributed by atoms with Crippen LogP contribution in [0.3, 0.4) is 0 Å². The Kier molecular flexibility index (Phi) is 6.84. The number of nitrogens with one attached hydrogen (secondary N) is 3. The Morgan fingerprint density at radius 1 is 1.10 bits per heavy atom. The molecule has 9 heteroatoms. The van der Waals surface area contributed by atoms with Gasteiger partial charge in [0.1, 0.15) is 5.82 Å². The second-order valence-corrected chi connectivity index (χ2v) is 7.06. The molecule has 0 saturated carbocycles. The fourth-order valence-electron chi connectivity index (χ4n) is 3.38. The molecule has 1 heterocycles. The summed E-state index contributed by atoms with van der Waals surface area (Å²) in [6.45, 7) is 6.66. The molecule has 31 heavy (non-hydrogen) atoms. The van der Waals surface area contributed by atoms with Gasteiger partial charge < -0.3 is 20.9 Å². The maximum Gasteiger partial charge on any atom is 0.418 e. The number of carbonyl (C=O) groups is 1. The molecule has 166 valence electrons. The molecule has 0 saturated heterocycles. The van der Waals surface area contributed by atoms with E-state index in [2.05, 4.69) is 20.9 Å². The van der Waals surface area contributed by atoms with Crippen molar-refractivity contribution in [1.29, 1.82) is 0 Å². The molecule has 3 rings (SSSR count). The molecule has 1 aliphatic heterocycles. The largest absolute Gasteiger partial charge is 0.418 e. The van der Waals surface area contributed by atoms with Crippen LogP contribution in [0.4, 0.5) is 34.6 Å². The van der Waals surface area contributed by atoms with Crippen LogP contribution in [0, 0.1) is 5.82 Å². The SMILES string of the molecule is CCN(CC)CCNc1ccc(N/C=C2/C(=O)Nc3cc(F)ccc32)cc1C(F)(F)F. The zero-order valence-electron chi connectivity index (χ0n) is 17.2. The fourth-order valence-corrected chi connectivity index (χ4v) is 3.38. The van der Waals surface area contributed by atoms with Crippen LogP contribution in [0.2, 0.25) is 0 Å². The van der Waals surface area contributed by atoms with Crippen molar-refractivity contribution in [2.24, 2.45) is 0 Å². The molecular formula is C22H24F4N4O. The van der Waals surface area contributed by atoms with Crippen LogP contribution in [-0.4, -0.2) is 37.0 Å². The maximum absolute atomic E-state index is 13.6. The van der Waals surface area contributed by atoms with Crippen LogP contribution in [0.1, 0.15) is 25.0 Å². The van der Waals surface area contributed by atoms with Gasteiger partial charge in [0, 0.05) is 36.2 Å². The van der Waals surface area contributed by atoms with Gasteiger partial charge in [0.2, 0.25) is 0 Å².